The van der Waals surface area contributed by atoms with Crippen molar-refractivity contribution in [2.75, 3.05) is 0 Å². The van der Waals surface area contributed by atoms with Gasteiger partial charge in [0.05, 0.1) is 0 Å². The number of allylic oxidation sites excluding steroid dienone is 1. The van der Waals surface area contributed by atoms with Gasteiger partial charge in [0.2, 0.25) is 0 Å². The van der Waals surface area contributed by atoms with Gasteiger partial charge in [-0.3, -0.25) is 0 Å². The van der Waals surface area contributed by atoms with Crippen LogP contribution in [0.4, 0.5) is 0 Å². The maximum atomic E-state index is 3.87. The average Bonchev–Trinajstić information content (AvgIpc) is 2.05. The van der Waals surface area contributed by atoms with Gasteiger partial charge in [0, 0.05) is 32.7 Å². The van der Waals surface area contributed by atoms with Crippen LogP contribution >= 0.6 is 0 Å². The molecular formula is C11H13Y-. The Labute approximate surface area is 100.0 Å². The third-order valence-corrected chi connectivity index (χ3v) is 1.73. The predicted octanol–water partition coefficient (Wildman–Crippen LogP) is 3.08. The number of benzene rings is 1. The Morgan fingerprint density at radius 3 is 2.75 bits per heavy atom. The van der Waals surface area contributed by atoms with Gasteiger partial charge in [-0.25, -0.2) is 0 Å². The number of rotatable bonds is 2. The summed E-state index contributed by atoms with van der Waals surface area (Å²) < 4.78 is 0. The molecule has 1 aromatic carbocycles. The quantitative estimate of drug-likeness (QED) is 0.690. The summed E-state index contributed by atoms with van der Waals surface area (Å²) in [6.45, 7) is 8.03. The van der Waals surface area contributed by atoms with Gasteiger partial charge in [0.1, 0.15) is 0 Å². The molecule has 0 saturated heterocycles. The summed E-state index contributed by atoms with van der Waals surface area (Å²) in [7, 11) is 0. The van der Waals surface area contributed by atoms with E-state index in [9.17, 15) is 0 Å². The van der Waals surface area contributed by atoms with Crippen molar-refractivity contribution in [2.24, 2.45) is 0 Å². The van der Waals surface area contributed by atoms with Crippen molar-refractivity contribution in [2.45, 2.75) is 20.3 Å². The smallest absolute Gasteiger partial charge is 0 e. The monoisotopic (exact) mass is 234 g/mol. The van der Waals surface area contributed by atoms with Crippen molar-refractivity contribution in [3.8, 4) is 0 Å². The van der Waals surface area contributed by atoms with Crippen LogP contribution in [0.5, 0.6) is 0 Å². The van der Waals surface area contributed by atoms with Crippen LogP contribution in [0.1, 0.15) is 25.0 Å². The molecule has 0 fully saturated rings. The van der Waals surface area contributed by atoms with Gasteiger partial charge < -0.3 is 0 Å². The Morgan fingerprint density at radius 2 is 2.25 bits per heavy atom. The summed E-state index contributed by atoms with van der Waals surface area (Å²) in [5.74, 6) is 0. The fourth-order valence-electron chi connectivity index (χ4n) is 0.980. The second-order valence-electron chi connectivity index (χ2n) is 2.74. The maximum Gasteiger partial charge on any atom is 0 e. The Balaban J connectivity index is 0.00000121. The molecule has 0 aromatic heterocycles. The van der Waals surface area contributed by atoms with Crippen molar-refractivity contribution in [3.63, 3.8) is 0 Å². The summed E-state index contributed by atoms with van der Waals surface area (Å²) in [5, 5.41) is 0. The second-order valence-corrected chi connectivity index (χ2v) is 2.74. The first-order valence-corrected chi connectivity index (χ1v) is 3.90. The van der Waals surface area contributed by atoms with Gasteiger partial charge in [-0.05, 0) is 6.42 Å². The molecule has 0 bridgehead atoms. The van der Waals surface area contributed by atoms with E-state index >= 15 is 0 Å². The van der Waals surface area contributed by atoms with E-state index < -0.39 is 0 Å². The molecule has 1 radical (unpaired) electrons. The minimum atomic E-state index is 0. The fraction of sp³-hybridized carbons (Fsp3) is 0.273. The van der Waals surface area contributed by atoms with Crippen LogP contribution in [0, 0.1) is 6.07 Å². The molecule has 0 spiro atoms. The molecule has 0 unspecified atom stereocenters. The van der Waals surface area contributed by atoms with Crippen LogP contribution in [-0.4, -0.2) is 0 Å². The molecule has 61 valence electrons. The number of aryl methyl sites for hydroxylation is 1. The molecule has 1 rings (SSSR count). The first kappa shape index (κ1) is 12.1. The molecule has 0 aliphatic rings. The van der Waals surface area contributed by atoms with E-state index in [0.29, 0.717) is 0 Å². The van der Waals surface area contributed by atoms with Crippen molar-refractivity contribution >= 4 is 5.57 Å². The summed E-state index contributed by atoms with van der Waals surface area (Å²) in [5.41, 5.74) is 3.56. The predicted molar refractivity (Wildman–Crippen MR) is 49.4 cm³/mol. The molecule has 0 atom stereocenters. The minimum absolute atomic E-state index is 0. The van der Waals surface area contributed by atoms with Gasteiger partial charge >= 0.3 is 0 Å². The summed E-state index contributed by atoms with van der Waals surface area (Å²) >= 11 is 0. The fourth-order valence-corrected chi connectivity index (χ4v) is 0.980. The van der Waals surface area contributed by atoms with E-state index in [4.69, 9.17) is 0 Å². The van der Waals surface area contributed by atoms with Crippen molar-refractivity contribution in [1.29, 1.82) is 0 Å². The normalized spacial score (nSPS) is 8.83. The van der Waals surface area contributed by atoms with Crippen LogP contribution in [0.25, 0.3) is 5.57 Å². The van der Waals surface area contributed by atoms with E-state index in [0.717, 1.165) is 17.6 Å². The molecule has 0 aliphatic carbocycles. The topological polar surface area (TPSA) is 0 Å². The van der Waals surface area contributed by atoms with E-state index in [2.05, 4.69) is 31.7 Å². The van der Waals surface area contributed by atoms with Gasteiger partial charge in [0.15, 0.2) is 0 Å². The Bertz CT molecular complexity index is 263. The zero-order valence-corrected chi connectivity index (χ0v) is 10.6. The van der Waals surface area contributed by atoms with Gasteiger partial charge in [-0.2, -0.15) is 0 Å². The second kappa shape index (κ2) is 5.67. The van der Waals surface area contributed by atoms with Crippen LogP contribution in [0.15, 0.2) is 24.8 Å². The molecule has 0 heterocycles. The standard InChI is InChI=1S/C11H13.Y/c1-4-10-6-5-7-11(8-10)9(2)3;/h5-6,8H,2,4H2,1,3H3;/q-1;. The zero-order valence-electron chi connectivity index (χ0n) is 7.72. The Hall–Kier alpha value is 0.0639. The van der Waals surface area contributed by atoms with Crippen LogP contribution in [0.3, 0.4) is 0 Å². The molecule has 0 amide bonds. The third kappa shape index (κ3) is 3.20. The molecule has 0 N–H and O–H groups in total. The molecule has 1 aromatic rings. The maximum absolute atomic E-state index is 3.87. The van der Waals surface area contributed by atoms with E-state index in [1.807, 2.05) is 13.0 Å². The molecule has 12 heavy (non-hydrogen) atoms. The van der Waals surface area contributed by atoms with Crippen molar-refractivity contribution in [3.05, 3.63) is 42.0 Å². The van der Waals surface area contributed by atoms with Gasteiger partial charge in [0.25, 0.3) is 0 Å². The van der Waals surface area contributed by atoms with Gasteiger partial charge in [-0.1, -0.05) is 13.8 Å². The van der Waals surface area contributed by atoms with Crippen LogP contribution in [-0.2, 0) is 39.1 Å². The van der Waals surface area contributed by atoms with Crippen molar-refractivity contribution < 1.29 is 32.7 Å². The third-order valence-electron chi connectivity index (χ3n) is 1.73. The Morgan fingerprint density at radius 1 is 1.58 bits per heavy atom. The molecule has 0 saturated carbocycles. The van der Waals surface area contributed by atoms with Crippen LogP contribution in [0.2, 0.25) is 0 Å². The zero-order chi connectivity index (χ0) is 8.27. The number of hydrogen-bond acceptors (Lipinski definition) is 0. The summed E-state index contributed by atoms with van der Waals surface area (Å²) in [4.78, 5) is 0. The molecule has 1 heteroatoms. The first-order chi connectivity index (χ1) is 5.24. The van der Waals surface area contributed by atoms with E-state index in [-0.39, 0.29) is 32.7 Å². The Kier molecular flexibility index (Phi) is 5.70. The summed E-state index contributed by atoms with van der Waals surface area (Å²) in [6.07, 6.45) is 1.08. The largest absolute Gasteiger partial charge is 0.148 e. The van der Waals surface area contributed by atoms with E-state index in [1.165, 1.54) is 5.56 Å². The summed E-state index contributed by atoms with van der Waals surface area (Å²) in [6, 6.07) is 9.34. The molecule has 0 aliphatic heterocycles. The van der Waals surface area contributed by atoms with Crippen molar-refractivity contribution in [1.82, 2.24) is 0 Å². The first-order valence-electron chi connectivity index (χ1n) is 3.90. The SMILES string of the molecule is C=C(C)c1[c-]ccc(CC)c1.[Y]. The van der Waals surface area contributed by atoms with Crippen LogP contribution < -0.4 is 0 Å². The molecule has 0 nitrogen and oxygen atoms in total. The minimum Gasteiger partial charge on any atom is -0.148 e. The molecular weight excluding hydrogens is 221 g/mol. The average molecular weight is 234 g/mol. The number of hydrogen-bond donors (Lipinski definition) is 0. The van der Waals surface area contributed by atoms with Gasteiger partial charge in [-0.15, -0.1) is 47.5 Å². The van der Waals surface area contributed by atoms with E-state index in [1.54, 1.807) is 0 Å².